The minimum Gasteiger partial charge on any atom is -0.463 e. The highest BCUT2D eigenvalue weighted by Gasteiger charge is 2.06. The normalized spacial score (nSPS) is 10.4. The van der Waals surface area contributed by atoms with Crippen molar-refractivity contribution in [2.24, 2.45) is 0 Å². The Hall–Kier alpha value is -1.84. The number of aromatic amines is 1. The van der Waals surface area contributed by atoms with E-state index >= 15 is 0 Å². The van der Waals surface area contributed by atoms with Crippen LogP contribution in [-0.2, 0) is 0 Å². The highest BCUT2D eigenvalue weighted by atomic mass is 16.5. The number of hydrogen-bond donors (Lipinski definition) is 1. The van der Waals surface area contributed by atoms with Gasteiger partial charge in [0, 0.05) is 5.56 Å². The topological polar surface area (TPSA) is 50.8 Å². The van der Waals surface area contributed by atoms with Crippen LogP contribution >= 0.6 is 0 Å². The number of H-pyrrole nitrogens is 1. The van der Waals surface area contributed by atoms with E-state index in [9.17, 15) is 0 Å². The van der Waals surface area contributed by atoms with Gasteiger partial charge in [0.05, 0.1) is 6.61 Å². The van der Waals surface area contributed by atoms with E-state index in [1.165, 1.54) is 11.1 Å². The molecule has 1 aromatic carbocycles. The number of aromatic nitrogens is 3. The molecule has 1 heterocycles. The molecule has 0 aliphatic rings. The molecule has 1 N–H and O–H groups in total. The molecular weight excluding hydrogens is 202 g/mol. The zero-order valence-electron chi connectivity index (χ0n) is 9.74. The van der Waals surface area contributed by atoms with Gasteiger partial charge in [0.2, 0.25) is 0 Å². The SMILES string of the molecule is CCOc1n[nH]c(-c2ccc(C)c(C)c2)n1. The van der Waals surface area contributed by atoms with Crippen molar-refractivity contribution in [3.8, 4) is 17.4 Å². The molecule has 0 spiro atoms. The number of rotatable bonds is 3. The molecule has 0 amide bonds. The minimum atomic E-state index is 0.399. The van der Waals surface area contributed by atoms with Gasteiger partial charge >= 0.3 is 6.01 Å². The maximum absolute atomic E-state index is 5.21. The van der Waals surface area contributed by atoms with Crippen molar-refractivity contribution in [2.45, 2.75) is 20.8 Å². The molecule has 2 rings (SSSR count). The van der Waals surface area contributed by atoms with E-state index in [1.807, 2.05) is 13.0 Å². The largest absolute Gasteiger partial charge is 0.463 e. The minimum absolute atomic E-state index is 0.399. The standard InChI is InChI=1S/C12H15N3O/c1-4-16-12-13-11(14-15-12)10-6-5-8(2)9(3)7-10/h5-7H,4H2,1-3H3,(H,13,14,15). The van der Waals surface area contributed by atoms with Crippen LogP contribution in [-0.4, -0.2) is 21.8 Å². The zero-order valence-corrected chi connectivity index (χ0v) is 9.74. The summed E-state index contributed by atoms with van der Waals surface area (Å²) in [5.74, 6) is 0.742. The molecule has 84 valence electrons. The molecule has 0 saturated carbocycles. The quantitative estimate of drug-likeness (QED) is 0.859. The van der Waals surface area contributed by atoms with Gasteiger partial charge in [-0.15, -0.1) is 5.10 Å². The summed E-state index contributed by atoms with van der Waals surface area (Å²) in [6.45, 7) is 6.65. The molecule has 0 bridgehead atoms. The number of aryl methyl sites for hydroxylation is 2. The van der Waals surface area contributed by atoms with E-state index in [-0.39, 0.29) is 0 Å². The summed E-state index contributed by atoms with van der Waals surface area (Å²) < 4.78 is 5.21. The number of nitrogens with zero attached hydrogens (tertiary/aromatic N) is 2. The second-order valence-electron chi connectivity index (χ2n) is 3.70. The molecular formula is C12H15N3O. The third-order valence-corrected chi connectivity index (χ3v) is 2.52. The van der Waals surface area contributed by atoms with Crippen molar-refractivity contribution in [3.63, 3.8) is 0 Å². The molecule has 4 nitrogen and oxygen atoms in total. The molecule has 1 aromatic heterocycles. The van der Waals surface area contributed by atoms with E-state index in [0.717, 1.165) is 11.4 Å². The van der Waals surface area contributed by atoms with Crippen LogP contribution in [0.5, 0.6) is 6.01 Å². The summed E-state index contributed by atoms with van der Waals surface area (Å²) in [5, 5.41) is 6.84. The molecule has 4 heteroatoms. The fraction of sp³-hybridized carbons (Fsp3) is 0.333. The Morgan fingerprint density at radius 2 is 2.06 bits per heavy atom. The second-order valence-corrected chi connectivity index (χ2v) is 3.70. The monoisotopic (exact) mass is 217 g/mol. The first-order valence-corrected chi connectivity index (χ1v) is 5.33. The van der Waals surface area contributed by atoms with E-state index in [4.69, 9.17) is 4.74 Å². The Morgan fingerprint density at radius 1 is 1.25 bits per heavy atom. The van der Waals surface area contributed by atoms with E-state index in [0.29, 0.717) is 12.6 Å². The van der Waals surface area contributed by atoms with Crippen LogP contribution in [0.1, 0.15) is 18.1 Å². The maximum Gasteiger partial charge on any atom is 0.335 e. The summed E-state index contributed by atoms with van der Waals surface area (Å²) in [6, 6.07) is 6.59. The third kappa shape index (κ3) is 2.05. The van der Waals surface area contributed by atoms with E-state index in [2.05, 4.69) is 41.2 Å². The predicted molar refractivity (Wildman–Crippen MR) is 62.5 cm³/mol. The fourth-order valence-electron chi connectivity index (χ4n) is 1.46. The first kappa shape index (κ1) is 10.7. The lowest BCUT2D eigenvalue weighted by Crippen LogP contribution is -1.92. The molecule has 0 fully saturated rings. The Kier molecular flexibility index (Phi) is 2.90. The van der Waals surface area contributed by atoms with Gasteiger partial charge in [-0.05, 0) is 38.0 Å². The van der Waals surface area contributed by atoms with Gasteiger partial charge in [0.1, 0.15) is 0 Å². The van der Waals surface area contributed by atoms with Crippen LogP contribution in [0.15, 0.2) is 18.2 Å². The van der Waals surface area contributed by atoms with Crippen molar-refractivity contribution < 1.29 is 4.74 Å². The maximum atomic E-state index is 5.21. The highest BCUT2D eigenvalue weighted by Crippen LogP contribution is 2.19. The summed E-state index contributed by atoms with van der Waals surface area (Å²) in [5.41, 5.74) is 3.54. The van der Waals surface area contributed by atoms with Crippen molar-refractivity contribution in [3.05, 3.63) is 29.3 Å². The fourth-order valence-corrected chi connectivity index (χ4v) is 1.46. The summed E-state index contributed by atoms with van der Waals surface area (Å²) in [7, 11) is 0. The molecule has 16 heavy (non-hydrogen) atoms. The van der Waals surface area contributed by atoms with Crippen LogP contribution in [0.3, 0.4) is 0 Å². The van der Waals surface area contributed by atoms with Gasteiger partial charge in [0.15, 0.2) is 5.82 Å². The average molecular weight is 217 g/mol. The molecule has 2 aromatic rings. The lowest BCUT2D eigenvalue weighted by Gasteiger charge is -2.01. The molecule has 0 aliphatic heterocycles. The number of benzene rings is 1. The van der Waals surface area contributed by atoms with Crippen LogP contribution in [0.4, 0.5) is 0 Å². The van der Waals surface area contributed by atoms with Crippen LogP contribution in [0.2, 0.25) is 0 Å². The molecule has 0 aliphatic carbocycles. The molecule has 0 radical (unpaired) electrons. The van der Waals surface area contributed by atoms with Gasteiger partial charge < -0.3 is 4.74 Å². The number of hydrogen-bond acceptors (Lipinski definition) is 3. The molecule has 0 atom stereocenters. The first-order chi connectivity index (χ1) is 7.70. The Bertz CT molecular complexity index is 491. The predicted octanol–water partition coefficient (Wildman–Crippen LogP) is 2.49. The van der Waals surface area contributed by atoms with Crippen LogP contribution < -0.4 is 4.74 Å². The number of nitrogens with one attached hydrogen (secondary N) is 1. The summed E-state index contributed by atoms with van der Waals surface area (Å²) in [6.07, 6.45) is 0. The van der Waals surface area contributed by atoms with E-state index in [1.54, 1.807) is 0 Å². The van der Waals surface area contributed by atoms with E-state index < -0.39 is 0 Å². The van der Waals surface area contributed by atoms with Gasteiger partial charge in [-0.1, -0.05) is 12.1 Å². The van der Waals surface area contributed by atoms with Crippen molar-refractivity contribution >= 4 is 0 Å². The Balaban J connectivity index is 2.31. The summed E-state index contributed by atoms with van der Waals surface area (Å²) >= 11 is 0. The Labute approximate surface area is 94.7 Å². The van der Waals surface area contributed by atoms with Gasteiger partial charge in [-0.2, -0.15) is 4.98 Å². The van der Waals surface area contributed by atoms with Gasteiger partial charge in [0.25, 0.3) is 0 Å². The van der Waals surface area contributed by atoms with Crippen molar-refractivity contribution in [1.29, 1.82) is 0 Å². The zero-order chi connectivity index (χ0) is 11.5. The summed E-state index contributed by atoms with van der Waals surface area (Å²) in [4.78, 5) is 4.25. The van der Waals surface area contributed by atoms with Gasteiger partial charge in [-0.25, -0.2) is 0 Å². The number of ether oxygens (including phenoxy) is 1. The van der Waals surface area contributed by atoms with Crippen LogP contribution in [0.25, 0.3) is 11.4 Å². The lowest BCUT2D eigenvalue weighted by molar-refractivity contribution is 0.314. The second kappa shape index (κ2) is 4.35. The first-order valence-electron chi connectivity index (χ1n) is 5.33. The smallest absolute Gasteiger partial charge is 0.335 e. The van der Waals surface area contributed by atoms with Crippen LogP contribution in [0, 0.1) is 13.8 Å². The molecule has 0 unspecified atom stereocenters. The van der Waals surface area contributed by atoms with Gasteiger partial charge in [-0.3, -0.25) is 5.10 Å². The molecule has 0 saturated heterocycles. The lowest BCUT2D eigenvalue weighted by atomic mass is 10.1. The van der Waals surface area contributed by atoms with Crippen molar-refractivity contribution in [2.75, 3.05) is 6.61 Å². The Morgan fingerprint density at radius 3 is 2.75 bits per heavy atom. The average Bonchev–Trinajstić information content (AvgIpc) is 2.71. The van der Waals surface area contributed by atoms with Crippen molar-refractivity contribution in [1.82, 2.24) is 15.2 Å². The third-order valence-electron chi connectivity index (χ3n) is 2.52. The highest BCUT2D eigenvalue weighted by molar-refractivity contribution is 5.57.